The quantitative estimate of drug-likeness (QED) is 0.114. The third-order valence-corrected chi connectivity index (χ3v) is 5.23. The van der Waals surface area contributed by atoms with E-state index in [9.17, 15) is 28.8 Å². The molecule has 3 amide bonds. The van der Waals surface area contributed by atoms with E-state index in [4.69, 9.17) is 21.1 Å². The van der Waals surface area contributed by atoms with Crippen LogP contribution < -0.4 is 21.7 Å². The lowest BCUT2D eigenvalue weighted by Crippen LogP contribution is -2.58. The van der Waals surface area contributed by atoms with Crippen molar-refractivity contribution in [3.05, 3.63) is 18.2 Å². The van der Waals surface area contributed by atoms with Crippen LogP contribution in [0.15, 0.2) is 12.5 Å². The number of carbonyl (C=O) groups is 6. The molecule has 16 heteroatoms. The molecule has 15 nitrogen and oxygen atoms in total. The van der Waals surface area contributed by atoms with Gasteiger partial charge >= 0.3 is 17.9 Å². The maximum absolute atomic E-state index is 12.9. The Labute approximate surface area is 203 Å². The third kappa shape index (κ3) is 10.9. The summed E-state index contributed by atoms with van der Waals surface area (Å²) in [5.74, 6) is -6.90. The number of aliphatic carboxylic acids is 3. The molecule has 0 saturated heterocycles. The summed E-state index contributed by atoms with van der Waals surface area (Å²) in [7, 11) is 0. The number of nitrogens with two attached hydrogens (primary N) is 1. The van der Waals surface area contributed by atoms with Crippen molar-refractivity contribution < 1.29 is 44.1 Å². The molecule has 0 aliphatic rings. The summed E-state index contributed by atoms with van der Waals surface area (Å²) in [5, 5.41) is 33.6. The minimum Gasteiger partial charge on any atom is -0.481 e. The van der Waals surface area contributed by atoms with E-state index in [1.807, 2.05) is 11.6 Å². The molecule has 194 valence electrons. The van der Waals surface area contributed by atoms with Gasteiger partial charge in [0.25, 0.3) is 0 Å². The van der Waals surface area contributed by atoms with E-state index in [1.54, 1.807) is 0 Å². The highest BCUT2D eigenvalue weighted by atomic mass is 32.2. The van der Waals surface area contributed by atoms with E-state index in [0.29, 0.717) is 17.9 Å². The number of amides is 3. The van der Waals surface area contributed by atoms with Crippen molar-refractivity contribution >= 4 is 47.4 Å². The topological polar surface area (TPSA) is 254 Å². The Bertz CT molecular complexity index is 911. The van der Waals surface area contributed by atoms with E-state index >= 15 is 0 Å². The lowest BCUT2D eigenvalue weighted by molar-refractivity contribution is -0.148. The van der Waals surface area contributed by atoms with Crippen LogP contribution in [0.5, 0.6) is 0 Å². The number of H-pyrrole nitrogens is 1. The molecule has 0 bridgehead atoms. The lowest BCUT2D eigenvalue weighted by Gasteiger charge is -2.24. The first kappa shape index (κ1) is 29.4. The third-order valence-electron chi connectivity index (χ3n) is 4.59. The summed E-state index contributed by atoms with van der Waals surface area (Å²) in [5.41, 5.74) is 6.28. The monoisotopic (exact) mass is 516 g/mol. The fourth-order valence-corrected chi connectivity index (χ4v) is 3.27. The molecule has 1 aromatic rings. The zero-order valence-corrected chi connectivity index (χ0v) is 19.5. The smallest absolute Gasteiger partial charge is 0.326 e. The Morgan fingerprint density at radius 1 is 0.943 bits per heavy atom. The van der Waals surface area contributed by atoms with Gasteiger partial charge in [-0.1, -0.05) is 0 Å². The number of hydrogen-bond donors (Lipinski definition) is 8. The molecule has 4 unspecified atom stereocenters. The normalized spacial score (nSPS) is 14.1. The highest BCUT2D eigenvalue weighted by Gasteiger charge is 2.32. The number of carbonyl (C=O) groups excluding carboxylic acids is 3. The Kier molecular flexibility index (Phi) is 12.2. The zero-order chi connectivity index (χ0) is 26.5. The van der Waals surface area contributed by atoms with Crippen molar-refractivity contribution in [2.24, 2.45) is 5.73 Å². The number of nitrogens with zero attached hydrogens (tertiary/aromatic N) is 1. The molecule has 0 spiro atoms. The minimum atomic E-state index is -1.86. The molecule has 1 rings (SSSR count). The van der Waals surface area contributed by atoms with Crippen molar-refractivity contribution in [1.82, 2.24) is 25.9 Å². The van der Waals surface area contributed by atoms with E-state index < -0.39 is 72.6 Å². The molecule has 0 aliphatic heterocycles. The SMILES string of the molecule is CSCCC(N)C(=O)NC(Cc1cnc[nH]1)C(=O)NC(CC(=O)O)C(=O)NC(CC(=O)O)C(=O)O. The number of carboxylic acid groups (broad SMARTS) is 3. The zero-order valence-electron chi connectivity index (χ0n) is 18.7. The number of aromatic nitrogens is 2. The predicted octanol–water partition coefficient (Wildman–Crippen LogP) is -2.48. The first-order valence-electron chi connectivity index (χ1n) is 10.2. The molecule has 1 heterocycles. The summed E-state index contributed by atoms with van der Waals surface area (Å²) in [6.45, 7) is 0. The summed E-state index contributed by atoms with van der Waals surface area (Å²) in [6.07, 6.45) is 2.88. The number of imidazole rings is 1. The van der Waals surface area contributed by atoms with Gasteiger partial charge < -0.3 is 42.0 Å². The molecule has 0 saturated carbocycles. The number of thioether (sulfide) groups is 1. The van der Waals surface area contributed by atoms with E-state index in [2.05, 4.69) is 20.6 Å². The fraction of sp³-hybridized carbons (Fsp3) is 0.526. The molecular weight excluding hydrogens is 488 g/mol. The van der Waals surface area contributed by atoms with Crippen LogP contribution in [0.3, 0.4) is 0 Å². The van der Waals surface area contributed by atoms with Gasteiger partial charge in [0.05, 0.1) is 25.2 Å². The van der Waals surface area contributed by atoms with Gasteiger partial charge in [-0.25, -0.2) is 9.78 Å². The minimum absolute atomic E-state index is 0.106. The second kappa shape index (κ2) is 14.6. The lowest BCUT2D eigenvalue weighted by atomic mass is 10.1. The predicted molar refractivity (Wildman–Crippen MR) is 121 cm³/mol. The molecule has 0 radical (unpaired) electrons. The maximum atomic E-state index is 12.9. The van der Waals surface area contributed by atoms with Gasteiger partial charge in [0, 0.05) is 18.3 Å². The van der Waals surface area contributed by atoms with Gasteiger partial charge in [0.15, 0.2) is 0 Å². The summed E-state index contributed by atoms with van der Waals surface area (Å²) < 4.78 is 0. The number of aromatic amines is 1. The molecule has 0 aromatic carbocycles. The summed E-state index contributed by atoms with van der Waals surface area (Å²) in [4.78, 5) is 77.8. The van der Waals surface area contributed by atoms with Crippen LogP contribution in [0.25, 0.3) is 0 Å². The first-order chi connectivity index (χ1) is 16.4. The number of rotatable bonds is 16. The van der Waals surface area contributed by atoms with Crippen molar-refractivity contribution in [2.75, 3.05) is 12.0 Å². The molecule has 9 N–H and O–H groups in total. The van der Waals surface area contributed by atoms with Crippen LogP contribution in [0.4, 0.5) is 0 Å². The van der Waals surface area contributed by atoms with Crippen LogP contribution in [0, 0.1) is 0 Å². The molecule has 1 aromatic heterocycles. The average Bonchev–Trinajstić information content (AvgIpc) is 3.28. The highest BCUT2D eigenvalue weighted by molar-refractivity contribution is 7.98. The molecule has 0 aliphatic carbocycles. The Hall–Kier alpha value is -3.66. The van der Waals surface area contributed by atoms with Gasteiger partial charge in [0.2, 0.25) is 17.7 Å². The Morgan fingerprint density at radius 3 is 2.00 bits per heavy atom. The Balaban J connectivity index is 3.04. The molecule has 35 heavy (non-hydrogen) atoms. The maximum Gasteiger partial charge on any atom is 0.326 e. The van der Waals surface area contributed by atoms with Crippen molar-refractivity contribution in [3.63, 3.8) is 0 Å². The van der Waals surface area contributed by atoms with Crippen LogP contribution >= 0.6 is 11.8 Å². The molecular formula is C19H28N6O9S. The largest absolute Gasteiger partial charge is 0.481 e. The van der Waals surface area contributed by atoms with Gasteiger partial charge in [-0.15, -0.1) is 0 Å². The fourth-order valence-electron chi connectivity index (χ4n) is 2.78. The summed E-state index contributed by atoms with van der Waals surface area (Å²) in [6, 6.07) is -5.84. The van der Waals surface area contributed by atoms with E-state index in [0.717, 1.165) is 0 Å². The number of carboxylic acids is 3. The van der Waals surface area contributed by atoms with Crippen molar-refractivity contribution in [3.8, 4) is 0 Å². The van der Waals surface area contributed by atoms with Gasteiger partial charge in [-0.2, -0.15) is 11.8 Å². The van der Waals surface area contributed by atoms with Crippen molar-refractivity contribution in [1.29, 1.82) is 0 Å². The van der Waals surface area contributed by atoms with E-state index in [-0.39, 0.29) is 6.42 Å². The van der Waals surface area contributed by atoms with Crippen LogP contribution in [0.2, 0.25) is 0 Å². The number of hydrogen-bond acceptors (Lipinski definition) is 9. The van der Waals surface area contributed by atoms with Gasteiger partial charge in [-0.3, -0.25) is 24.0 Å². The van der Waals surface area contributed by atoms with Crippen LogP contribution in [-0.2, 0) is 35.2 Å². The second-order valence-corrected chi connectivity index (χ2v) is 8.37. The van der Waals surface area contributed by atoms with E-state index in [1.165, 1.54) is 24.3 Å². The highest BCUT2D eigenvalue weighted by Crippen LogP contribution is 2.05. The standard InChI is InChI=1S/C19H28N6O9S/c1-35-3-2-10(20)16(30)23-11(4-9-7-21-8-22-9)17(31)24-12(5-14(26)27)18(32)25-13(19(33)34)6-15(28)29/h7-8,10-13H,2-6,20H2,1H3,(H,21,22)(H,23,30)(H,24,31)(H,25,32)(H,26,27)(H,28,29)(H,33,34). The number of nitrogens with one attached hydrogen (secondary N) is 4. The first-order valence-corrected chi connectivity index (χ1v) is 11.6. The average molecular weight is 517 g/mol. The van der Waals surface area contributed by atoms with Crippen LogP contribution in [0.1, 0.15) is 25.0 Å². The summed E-state index contributed by atoms with van der Waals surface area (Å²) >= 11 is 1.47. The van der Waals surface area contributed by atoms with Crippen molar-refractivity contribution in [2.45, 2.75) is 49.9 Å². The van der Waals surface area contributed by atoms with Crippen LogP contribution in [-0.4, -0.2) is 97.1 Å². The Morgan fingerprint density at radius 2 is 1.49 bits per heavy atom. The van der Waals surface area contributed by atoms with Gasteiger partial charge in [0.1, 0.15) is 18.1 Å². The molecule has 4 atom stereocenters. The second-order valence-electron chi connectivity index (χ2n) is 7.39. The molecule has 0 fully saturated rings. The van der Waals surface area contributed by atoms with Gasteiger partial charge in [-0.05, 0) is 18.4 Å².